The summed E-state index contributed by atoms with van der Waals surface area (Å²) >= 11 is 1.25. The molecule has 0 aromatic carbocycles. The zero-order valence-electron chi connectivity index (χ0n) is 15.0. The summed E-state index contributed by atoms with van der Waals surface area (Å²) in [5.41, 5.74) is 0.515. The van der Waals surface area contributed by atoms with Gasteiger partial charge in [-0.2, -0.15) is 17.5 Å². The van der Waals surface area contributed by atoms with Gasteiger partial charge in [0.25, 0.3) is 5.91 Å². The maximum Gasteiger partial charge on any atom is 0.417 e. The first-order valence-corrected chi connectivity index (χ1v) is 9.30. The molecule has 0 bridgehead atoms. The Hall–Kier alpha value is -2.36. The van der Waals surface area contributed by atoms with Crippen LogP contribution in [0.4, 0.5) is 24.0 Å². The number of nitrogens with one attached hydrogen (secondary N) is 1. The highest BCUT2D eigenvalue weighted by Gasteiger charge is 2.31. The fourth-order valence-corrected chi connectivity index (χ4v) is 3.78. The lowest BCUT2D eigenvalue weighted by Crippen LogP contribution is -2.35. The maximum atomic E-state index is 12.9. The first kappa shape index (κ1) is 19.4. The lowest BCUT2D eigenvalue weighted by molar-refractivity contribution is -0.137. The van der Waals surface area contributed by atoms with E-state index in [2.05, 4.69) is 14.7 Å². The average molecular weight is 399 g/mol. The van der Waals surface area contributed by atoms with E-state index in [0.29, 0.717) is 49.7 Å². The number of alkyl halides is 3. The summed E-state index contributed by atoms with van der Waals surface area (Å²) in [6, 6.07) is 2.42. The van der Waals surface area contributed by atoms with Crippen molar-refractivity contribution >= 4 is 28.3 Å². The number of pyridine rings is 1. The van der Waals surface area contributed by atoms with Crippen LogP contribution < -0.4 is 10.2 Å². The Balaban J connectivity index is 1.70. The van der Waals surface area contributed by atoms with Gasteiger partial charge in [-0.25, -0.2) is 4.98 Å². The van der Waals surface area contributed by atoms with Crippen molar-refractivity contribution in [3.8, 4) is 0 Å². The summed E-state index contributed by atoms with van der Waals surface area (Å²) in [6.07, 6.45) is -2.84. The predicted molar refractivity (Wildman–Crippen MR) is 98.4 cm³/mol. The van der Waals surface area contributed by atoms with Gasteiger partial charge in [0.15, 0.2) is 0 Å². The van der Waals surface area contributed by atoms with Gasteiger partial charge in [0.05, 0.1) is 16.8 Å². The molecule has 0 aliphatic carbocycles. The number of carbonyl (C=O) groups is 1. The second-order valence-electron chi connectivity index (χ2n) is 6.26. The summed E-state index contributed by atoms with van der Waals surface area (Å²) in [5, 5.41) is 3.74. The van der Waals surface area contributed by atoms with E-state index in [1.807, 2.05) is 4.90 Å². The summed E-state index contributed by atoms with van der Waals surface area (Å²) in [6.45, 7) is 3.99. The Labute approximate surface area is 159 Å². The minimum absolute atomic E-state index is 0.0761. The number of rotatable bonds is 3. The summed E-state index contributed by atoms with van der Waals surface area (Å²) < 4.78 is 42.3. The number of aromatic nitrogens is 2. The number of aryl methyl sites for hydroxylation is 1. The highest BCUT2D eigenvalue weighted by atomic mass is 32.1. The summed E-state index contributed by atoms with van der Waals surface area (Å²) in [5.74, 6) is 0.412. The molecule has 1 amide bonds. The van der Waals surface area contributed by atoms with E-state index in [4.69, 9.17) is 0 Å². The van der Waals surface area contributed by atoms with Crippen LogP contribution >= 0.6 is 11.5 Å². The molecule has 27 heavy (non-hydrogen) atoms. The largest absolute Gasteiger partial charge is 0.417 e. The van der Waals surface area contributed by atoms with Crippen molar-refractivity contribution in [2.24, 2.45) is 0 Å². The van der Waals surface area contributed by atoms with Crippen molar-refractivity contribution in [1.82, 2.24) is 14.3 Å². The molecule has 6 nitrogen and oxygen atoms in total. The van der Waals surface area contributed by atoms with E-state index < -0.39 is 11.7 Å². The van der Waals surface area contributed by atoms with Crippen molar-refractivity contribution in [3.05, 3.63) is 35.2 Å². The van der Waals surface area contributed by atoms with Crippen molar-refractivity contribution in [2.75, 3.05) is 43.4 Å². The molecular formula is C17H20F3N5OS. The third-order valence-electron chi connectivity index (χ3n) is 4.49. The molecule has 1 saturated heterocycles. The minimum atomic E-state index is -4.40. The molecule has 10 heteroatoms. The quantitative estimate of drug-likeness (QED) is 0.859. The van der Waals surface area contributed by atoms with Crippen molar-refractivity contribution in [2.45, 2.75) is 19.5 Å². The van der Waals surface area contributed by atoms with Gasteiger partial charge in [0.2, 0.25) is 0 Å². The van der Waals surface area contributed by atoms with Gasteiger partial charge in [-0.1, -0.05) is 0 Å². The Morgan fingerprint density at radius 2 is 2.00 bits per heavy atom. The molecule has 3 heterocycles. The van der Waals surface area contributed by atoms with Crippen LogP contribution in [-0.4, -0.2) is 53.4 Å². The maximum absolute atomic E-state index is 12.9. The summed E-state index contributed by atoms with van der Waals surface area (Å²) in [4.78, 5) is 20.5. The van der Waals surface area contributed by atoms with Gasteiger partial charge in [0, 0.05) is 39.4 Å². The van der Waals surface area contributed by atoms with Crippen molar-refractivity contribution < 1.29 is 18.0 Å². The minimum Gasteiger partial charge on any atom is -0.378 e. The molecule has 0 atom stereocenters. The molecule has 1 fully saturated rings. The molecule has 0 spiro atoms. The molecule has 1 aliphatic rings. The lowest BCUT2D eigenvalue weighted by Gasteiger charge is -2.23. The van der Waals surface area contributed by atoms with E-state index >= 15 is 0 Å². The number of carbonyl (C=O) groups excluding carboxylic acids is 1. The Kier molecular flexibility index (Phi) is 5.54. The molecule has 0 radical (unpaired) electrons. The van der Waals surface area contributed by atoms with E-state index in [9.17, 15) is 18.0 Å². The second-order valence-corrected chi connectivity index (χ2v) is 7.03. The van der Waals surface area contributed by atoms with Crippen molar-refractivity contribution in [1.29, 1.82) is 0 Å². The first-order chi connectivity index (χ1) is 12.8. The fraction of sp³-hybridized carbons (Fsp3) is 0.471. The zero-order chi connectivity index (χ0) is 19.6. The van der Waals surface area contributed by atoms with Gasteiger partial charge in [-0.15, -0.1) is 0 Å². The lowest BCUT2D eigenvalue weighted by atomic mass is 10.2. The third-order valence-corrected chi connectivity index (χ3v) is 5.44. The molecular weight excluding hydrogens is 379 g/mol. The molecule has 1 aliphatic heterocycles. The van der Waals surface area contributed by atoms with Gasteiger partial charge < -0.3 is 15.1 Å². The Bertz CT molecular complexity index is 806. The average Bonchev–Trinajstić information content (AvgIpc) is 2.85. The van der Waals surface area contributed by atoms with Gasteiger partial charge in [-0.3, -0.25) is 4.79 Å². The van der Waals surface area contributed by atoms with E-state index in [1.54, 1.807) is 18.9 Å². The van der Waals surface area contributed by atoms with Gasteiger partial charge in [-0.05, 0) is 37.0 Å². The molecule has 2 aromatic rings. The first-order valence-electron chi connectivity index (χ1n) is 8.52. The highest BCUT2D eigenvalue weighted by molar-refractivity contribution is 7.10. The SMILES string of the molecule is CNc1snc(C)c1C(=O)N1CCCN(c2ccc(C(F)(F)F)cn2)CC1. The predicted octanol–water partition coefficient (Wildman–Crippen LogP) is 3.26. The normalized spacial score (nSPS) is 15.6. The van der Waals surface area contributed by atoms with E-state index in [0.717, 1.165) is 17.3 Å². The number of nitrogens with zero attached hydrogens (tertiary/aromatic N) is 4. The van der Waals surface area contributed by atoms with Crippen LogP contribution in [-0.2, 0) is 6.18 Å². The number of amides is 1. The van der Waals surface area contributed by atoms with Crippen LogP contribution in [0.15, 0.2) is 18.3 Å². The molecule has 146 valence electrons. The smallest absolute Gasteiger partial charge is 0.378 e. The second kappa shape index (κ2) is 7.71. The highest BCUT2D eigenvalue weighted by Crippen LogP contribution is 2.30. The molecule has 3 rings (SSSR count). The van der Waals surface area contributed by atoms with Crippen molar-refractivity contribution in [3.63, 3.8) is 0 Å². The van der Waals surface area contributed by atoms with Gasteiger partial charge >= 0.3 is 6.18 Å². The molecule has 1 N–H and O–H groups in total. The number of hydrogen-bond acceptors (Lipinski definition) is 6. The van der Waals surface area contributed by atoms with Crippen LogP contribution in [0.2, 0.25) is 0 Å². The standard InChI is InChI=1S/C17H20F3N5OS/c1-11-14(15(21-2)27-23-11)16(26)25-7-3-6-24(8-9-25)13-5-4-12(10-22-13)17(18,19)20/h4-5,10,21H,3,6-9H2,1-2H3. The van der Waals surface area contributed by atoms with Crippen LogP contribution in [0.3, 0.4) is 0 Å². The number of hydrogen-bond donors (Lipinski definition) is 1. The summed E-state index contributed by atoms with van der Waals surface area (Å²) in [7, 11) is 1.75. The zero-order valence-corrected chi connectivity index (χ0v) is 15.8. The van der Waals surface area contributed by atoms with Gasteiger partial charge in [0.1, 0.15) is 10.8 Å². The third kappa shape index (κ3) is 4.15. The Morgan fingerprint density at radius 3 is 2.63 bits per heavy atom. The van der Waals surface area contributed by atoms with Crippen LogP contribution in [0.5, 0.6) is 0 Å². The fourth-order valence-electron chi connectivity index (χ4n) is 3.04. The number of anilines is 2. The van der Waals surface area contributed by atoms with E-state index in [-0.39, 0.29) is 5.91 Å². The van der Waals surface area contributed by atoms with Crippen LogP contribution in [0.25, 0.3) is 0 Å². The number of halogens is 3. The van der Waals surface area contributed by atoms with E-state index in [1.165, 1.54) is 17.6 Å². The Morgan fingerprint density at radius 1 is 1.22 bits per heavy atom. The molecule has 0 unspecified atom stereocenters. The molecule has 0 saturated carbocycles. The topological polar surface area (TPSA) is 61.4 Å². The monoisotopic (exact) mass is 399 g/mol. The van der Waals surface area contributed by atoms with Crippen LogP contribution in [0, 0.1) is 6.92 Å². The van der Waals surface area contributed by atoms with Crippen LogP contribution in [0.1, 0.15) is 28.0 Å². The molecule has 2 aromatic heterocycles.